The molecule has 1 aromatic rings. The molecule has 2 N–H and O–H groups in total. The van der Waals surface area contributed by atoms with Crippen LogP contribution in [-0.4, -0.2) is 18.0 Å². The second kappa shape index (κ2) is 9.55. The van der Waals surface area contributed by atoms with Crippen LogP contribution in [0.25, 0.3) is 0 Å². The molecule has 0 aliphatic carbocycles. The van der Waals surface area contributed by atoms with Crippen LogP contribution in [0.2, 0.25) is 0 Å². The molecule has 3 heteroatoms. The molecule has 0 fully saturated rings. The molecule has 0 saturated carbocycles. The van der Waals surface area contributed by atoms with Crippen molar-refractivity contribution in [1.29, 1.82) is 0 Å². The molecule has 2 atom stereocenters. The summed E-state index contributed by atoms with van der Waals surface area (Å²) in [5.41, 5.74) is 8.06. The highest BCUT2D eigenvalue weighted by Crippen LogP contribution is 2.29. The molecule has 114 valence electrons. The molecule has 0 radical (unpaired) electrons. The molecule has 21 heavy (non-hydrogen) atoms. The third-order valence-electron chi connectivity index (χ3n) is 3.50. The summed E-state index contributed by atoms with van der Waals surface area (Å²) in [7, 11) is 2.74. The van der Waals surface area contributed by atoms with Gasteiger partial charge in [-0.05, 0) is 48.7 Å². The van der Waals surface area contributed by atoms with Crippen LogP contribution in [0.4, 0.5) is 0 Å². The molecular weight excluding hydrogens is 275 g/mol. The fraction of sp³-hybridized carbons (Fsp3) is 0.333. The summed E-state index contributed by atoms with van der Waals surface area (Å²) in [4.78, 5) is 2.45. The van der Waals surface area contributed by atoms with Gasteiger partial charge in [0, 0.05) is 0 Å². The van der Waals surface area contributed by atoms with Crippen LogP contribution in [-0.2, 0) is 0 Å². The minimum Gasteiger partial charge on any atom is -0.405 e. The molecule has 2 unspecified atom stereocenters. The SMILES string of the molecule is C\C=C/C(=C\C=C\N)C(c1ccc(P)cc1)N(CC)CC. The highest BCUT2D eigenvalue weighted by atomic mass is 31.0. The third kappa shape index (κ3) is 5.15. The van der Waals surface area contributed by atoms with Gasteiger partial charge in [0.05, 0.1) is 6.04 Å². The Bertz CT molecular complexity index is 496. The summed E-state index contributed by atoms with van der Waals surface area (Å²) >= 11 is 0. The number of likely N-dealkylation sites (N-methyl/N-ethyl adjacent to an activating group) is 1. The molecular formula is C18H27N2P. The fourth-order valence-electron chi connectivity index (χ4n) is 2.48. The van der Waals surface area contributed by atoms with Crippen molar-refractivity contribution in [2.45, 2.75) is 26.8 Å². The average Bonchev–Trinajstić information content (AvgIpc) is 2.50. The summed E-state index contributed by atoms with van der Waals surface area (Å²) < 4.78 is 0. The van der Waals surface area contributed by atoms with Crippen LogP contribution in [0.3, 0.4) is 0 Å². The molecule has 0 bridgehead atoms. The molecule has 1 rings (SSSR count). The van der Waals surface area contributed by atoms with Crippen LogP contribution in [0.1, 0.15) is 32.4 Å². The maximum absolute atomic E-state index is 5.51. The standard InChI is InChI=1S/C18H27N2P/c1-4-8-15(9-7-14-19)18(20(5-2)6-3)16-10-12-17(21)13-11-16/h4,7-14,18H,5-6,19,21H2,1-3H3/b8-4-,14-7+,15-9+. The summed E-state index contributed by atoms with van der Waals surface area (Å²) in [6, 6.07) is 8.94. The lowest BCUT2D eigenvalue weighted by molar-refractivity contribution is 0.250. The van der Waals surface area contributed by atoms with Gasteiger partial charge in [0.2, 0.25) is 0 Å². The second-order valence-electron chi connectivity index (χ2n) is 4.84. The lowest BCUT2D eigenvalue weighted by Crippen LogP contribution is -2.29. The first-order valence-corrected chi connectivity index (χ1v) is 8.06. The number of nitrogens with zero attached hydrogens (tertiary/aromatic N) is 1. The smallest absolute Gasteiger partial charge is 0.0601 e. The van der Waals surface area contributed by atoms with Gasteiger partial charge in [-0.25, -0.2) is 0 Å². The lowest BCUT2D eigenvalue weighted by Gasteiger charge is -2.31. The number of hydrogen-bond donors (Lipinski definition) is 1. The monoisotopic (exact) mass is 302 g/mol. The molecule has 1 aromatic carbocycles. The van der Waals surface area contributed by atoms with Crippen molar-refractivity contribution in [3.05, 3.63) is 65.9 Å². The zero-order valence-electron chi connectivity index (χ0n) is 13.3. The van der Waals surface area contributed by atoms with Crippen molar-refractivity contribution in [2.75, 3.05) is 13.1 Å². The molecule has 2 nitrogen and oxygen atoms in total. The summed E-state index contributed by atoms with van der Waals surface area (Å²) in [6.07, 6.45) is 9.82. The summed E-state index contributed by atoms with van der Waals surface area (Å²) in [5, 5.41) is 1.20. The van der Waals surface area contributed by atoms with E-state index < -0.39 is 0 Å². The molecule has 0 spiro atoms. The predicted octanol–water partition coefficient (Wildman–Crippen LogP) is 3.54. The van der Waals surface area contributed by atoms with Gasteiger partial charge in [-0.3, -0.25) is 4.90 Å². The Kier molecular flexibility index (Phi) is 8.04. The van der Waals surface area contributed by atoms with E-state index in [9.17, 15) is 0 Å². The topological polar surface area (TPSA) is 29.3 Å². The number of rotatable bonds is 7. The fourth-order valence-corrected chi connectivity index (χ4v) is 2.67. The zero-order valence-corrected chi connectivity index (χ0v) is 14.4. The number of benzene rings is 1. The highest BCUT2D eigenvalue weighted by Gasteiger charge is 2.20. The quantitative estimate of drug-likeness (QED) is 0.616. The molecule has 0 aliphatic rings. The van der Waals surface area contributed by atoms with E-state index >= 15 is 0 Å². The van der Waals surface area contributed by atoms with Crippen LogP contribution >= 0.6 is 9.24 Å². The van der Waals surface area contributed by atoms with E-state index in [1.807, 2.05) is 13.0 Å². The van der Waals surface area contributed by atoms with E-state index in [0.717, 1.165) is 13.1 Å². The molecule has 0 amide bonds. The minimum absolute atomic E-state index is 0.248. The van der Waals surface area contributed by atoms with Crippen LogP contribution in [0.5, 0.6) is 0 Å². The first-order chi connectivity index (χ1) is 10.2. The van der Waals surface area contributed by atoms with Crippen LogP contribution in [0.15, 0.2) is 60.3 Å². The predicted molar refractivity (Wildman–Crippen MR) is 97.7 cm³/mol. The lowest BCUT2D eigenvalue weighted by atomic mass is 9.96. The van der Waals surface area contributed by atoms with Crippen molar-refractivity contribution >= 4 is 14.5 Å². The van der Waals surface area contributed by atoms with E-state index in [-0.39, 0.29) is 6.04 Å². The van der Waals surface area contributed by atoms with E-state index in [4.69, 9.17) is 5.73 Å². The Morgan fingerprint density at radius 2 is 1.86 bits per heavy atom. The van der Waals surface area contributed by atoms with Crippen molar-refractivity contribution in [3.63, 3.8) is 0 Å². The first kappa shape index (κ1) is 17.7. The molecule has 0 aromatic heterocycles. The maximum atomic E-state index is 5.51. The van der Waals surface area contributed by atoms with Crippen molar-refractivity contribution in [1.82, 2.24) is 4.90 Å². The largest absolute Gasteiger partial charge is 0.405 e. The molecule has 0 aliphatic heterocycles. The van der Waals surface area contributed by atoms with Gasteiger partial charge in [0.15, 0.2) is 0 Å². The first-order valence-electron chi connectivity index (χ1n) is 7.48. The van der Waals surface area contributed by atoms with Crippen molar-refractivity contribution < 1.29 is 0 Å². The van der Waals surface area contributed by atoms with Gasteiger partial charge >= 0.3 is 0 Å². The Hall–Kier alpha value is -1.37. The van der Waals surface area contributed by atoms with Gasteiger partial charge in [0.1, 0.15) is 0 Å². The number of allylic oxidation sites excluding steroid dienone is 3. The van der Waals surface area contributed by atoms with E-state index in [1.54, 1.807) is 6.20 Å². The van der Waals surface area contributed by atoms with E-state index in [1.165, 1.54) is 16.4 Å². The van der Waals surface area contributed by atoms with E-state index in [0.29, 0.717) is 0 Å². The van der Waals surface area contributed by atoms with Gasteiger partial charge in [-0.2, -0.15) is 0 Å². The van der Waals surface area contributed by atoms with Crippen LogP contribution < -0.4 is 11.0 Å². The molecule has 0 heterocycles. The minimum atomic E-state index is 0.248. The third-order valence-corrected chi connectivity index (χ3v) is 3.89. The van der Waals surface area contributed by atoms with Gasteiger partial charge in [-0.15, -0.1) is 9.24 Å². The van der Waals surface area contributed by atoms with Crippen LogP contribution in [0, 0.1) is 0 Å². The second-order valence-corrected chi connectivity index (χ2v) is 5.51. The Balaban J connectivity index is 3.31. The Morgan fingerprint density at radius 3 is 2.33 bits per heavy atom. The van der Waals surface area contributed by atoms with E-state index in [2.05, 4.69) is 70.5 Å². The normalized spacial score (nSPS) is 14.4. The Morgan fingerprint density at radius 1 is 1.24 bits per heavy atom. The van der Waals surface area contributed by atoms with Gasteiger partial charge < -0.3 is 5.73 Å². The zero-order chi connectivity index (χ0) is 15.7. The summed E-state index contributed by atoms with van der Waals surface area (Å²) in [5.74, 6) is 0. The van der Waals surface area contributed by atoms with Gasteiger partial charge in [-0.1, -0.05) is 56.3 Å². The highest BCUT2D eigenvalue weighted by molar-refractivity contribution is 7.27. The molecule has 0 saturated heterocycles. The Labute approximate surface area is 131 Å². The maximum Gasteiger partial charge on any atom is 0.0601 e. The average molecular weight is 302 g/mol. The van der Waals surface area contributed by atoms with Crippen molar-refractivity contribution in [2.24, 2.45) is 5.73 Å². The number of hydrogen-bond acceptors (Lipinski definition) is 2. The summed E-state index contributed by atoms with van der Waals surface area (Å²) in [6.45, 7) is 8.46. The van der Waals surface area contributed by atoms with Crippen molar-refractivity contribution in [3.8, 4) is 0 Å². The van der Waals surface area contributed by atoms with Gasteiger partial charge in [0.25, 0.3) is 0 Å². The number of nitrogens with two attached hydrogens (primary N) is 1.